The van der Waals surface area contributed by atoms with Gasteiger partial charge in [0.15, 0.2) is 0 Å². The Balaban J connectivity index is 2.06. The number of amides is 2. The van der Waals surface area contributed by atoms with E-state index in [9.17, 15) is 13.8 Å². The molecule has 2 amide bonds. The maximum atomic E-state index is 13.5. The first kappa shape index (κ1) is 28.3. The van der Waals surface area contributed by atoms with E-state index >= 15 is 0 Å². The number of nitrogens with two attached hydrogens (primary N) is 1. The van der Waals surface area contributed by atoms with Crippen molar-refractivity contribution < 1.29 is 18.5 Å². The Hall–Kier alpha value is -3.30. The van der Waals surface area contributed by atoms with E-state index in [1.54, 1.807) is 39.0 Å². The molecule has 1 heterocycles. The Morgan fingerprint density at radius 3 is 2.38 bits per heavy atom. The summed E-state index contributed by atoms with van der Waals surface area (Å²) in [6.45, 7) is 10.7. The van der Waals surface area contributed by atoms with Crippen molar-refractivity contribution in [2.45, 2.75) is 64.4 Å². The van der Waals surface area contributed by atoms with Crippen LogP contribution in [0.1, 0.15) is 59.4 Å². The summed E-state index contributed by atoms with van der Waals surface area (Å²) in [6, 6.07) is 12.9. The molecular formula is C28H36N4O4S. The summed E-state index contributed by atoms with van der Waals surface area (Å²) in [6.07, 6.45) is 3.08. The molecule has 3 rings (SSSR count). The van der Waals surface area contributed by atoms with Gasteiger partial charge in [0.25, 0.3) is 0 Å². The second-order valence-electron chi connectivity index (χ2n) is 9.92. The second kappa shape index (κ2) is 12.3. The molecule has 0 saturated heterocycles. The predicted molar refractivity (Wildman–Crippen MR) is 149 cm³/mol. The molecule has 1 aliphatic heterocycles. The molecule has 3 N–H and O–H groups in total. The van der Waals surface area contributed by atoms with Gasteiger partial charge in [0.1, 0.15) is 22.4 Å². The number of rotatable bonds is 7. The lowest BCUT2D eigenvalue weighted by molar-refractivity contribution is -0.127. The van der Waals surface area contributed by atoms with Gasteiger partial charge in [0, 0.05) is 30.6 Å². The molecule has 0 saturated carbocycles. The van der Waals surface area contributed by atoms with E-state index in [0.29, 0.717) is 35.1 Å². The molecule has 0 fully saturated rings. The normalized spacial score (nSPS) is 14.0. The lowest BCUT2D eigenvalue weighted by Crippen LogP contribution is -2.38. The van der Waals surface area contributed by atoms with Crippen LogP contribution in [0.2, 0.25) is 0 Å². The Morgan fingerprint density at radius 2 is 1.76 bits per heavy atom. The van der Waals surface area contributed by atoms with Crippen LogP contribution in [-0.2, 0) is 20.5 Å². The second-order valence-corrected chi connectivity index (χ2v) is 11.0. The highest BCUT2D eigenvalue weighted by Gasteiger charge is 2.24. The summed E-state index contributed by atoms with van der Waals surface area (Å²) in [5.74, 6) is 0.256. The number of nitrogens with one attached hydrogen (secondary N) is 1. The number of carbonyl (C=O) groups excluding carboxylic acids is 2. The zero-order valence-corrected chi connectivity index (χ0v) is 23.0. The molecule has 1 atom stereocenters. The van der Waals surface area contributed by atoms with E-state index < -0.39 is 22.7 Å². The van der Waals surface area contributed by atoms with E-state index in [0.717, 1.165) is 29.5 Å². The number of hydrogen-bond acceptors (Lipinski definition) is 5. The van der Waals surface area contributed by atoms with Crippen LogP contribution in [0.3, 0.4) is 0 Å². The van der Waals surface area contributed by atoms with Crippen LogP contribution in [0, 0.1) is 0 Å². The van der Waals surface area contributed by atoms with Crippen molar-refractivity contribution in [3.05, 3.63) is 53.6 Å². The largest absolute Gasteiger partial charge is 0.444 e. The molecule has 0 aliphatic carbocycles. The van der Waals surface area contributed by atoms with Gasteiger partial charge in [-0.15, -0.1) is 0 Å². The third-order valence-corrected chi connectivity index (χ3v) is 6.29. The fourth-order valence-corrected chi connectivity index (χ4v) is 4.49. The smallest absolute Gasteiger partial charge is 0.413 e. The van der Waals surface area contributed by atoms with Gasteiger partial charge in [-0.3, -0.25) is 10.1 Å². The van der Waals surface area contributed by atoms with Crippen molar-refractivity contribution >= 4 is 40.6 Å². The van der Waals surface area contributed by atoms with E-state index in [-0.39, 0.29) is 12.3 Å². The molecule has 0 aromatic heterocycles. The molecule has 8 nitrogen and oxygen atoms in total. The van der Waals surface area contributed by atoms with E-state index in [4.69, 9.17) is 14.9 Å². The summed E-state index contributed by atoms with van der Waals surface area (Å²) < 4.78 is 17.2. The number of alkyl carbamates (subject to hydrolysis) is 1. The standard InChI is InChI=1S/C28H36N4O4S/c1-6-13-32(14-7-2)26(33)22-15-21-12-11-20(19-9-8-10-23(16-19)37(29)35)17-24(21)30-25(18-22)31-27(34)36-28(3,4)5/h8-12,15-17H,6-7,13-14,18,29H2,1-5H3,(H,30,31,34). The van der Waals surface area contributed by atoms with Crippen molar-refractivity contribution in [1.29, 1.82) is 0 Å². The Kier molecular flexibility index (Phi) is 9.39. The average molecular weight is 525 g/mol. The zero-order valence-electron chi connectivity index (χ0n) is 22.2. The highest BCUT2D eigenvalue weighted by Crippen LogP contribution is 2.33. The monoisotopic (exact) mass is 524 g/mol. The molecule has 2 aromatic rings. The minimum atomic E-state index is -1.60. The number of carbonyl (C=O) groups is 2. The Morgan fingerprint density at radius 1 is 1.08 bits per heavy atom. The fourth-order valence-electron chi connectivity index (χ4n) is 4.04. The first-order chi connectivity index (χ1) is 17.5. The SMILES string of the molecule is CCCN(CCC)C(=O)C1=Cc2ccc(-c3cccc(S(N)=O)c3)cc2N=C(NC(=O)OC(C)(C)C)C1. The summed E-state index contributed by atoms with van der Waals surface area (Å²) in [5.41, 5.74) is 2.90. The molecule has 1 aliphatic rings. The Labute approximate surface area is 221 Å². The third kappa shape index (κ3) is 7.84. The Bertz CT molecular complexity index is 1240. The summed E-state index contributed by atoms with van der Waals surface area (Å²) in [5, 5.41) is 8.31. The minimum absolute atomic E-state index is 0.0718. The van der Waals surface area contributed by atoms with Gasteiger partial charge in [-0.1, -0.05) is 38.1 Å². The van der Waals surface area contributed by atoms with Crippen LogP contribution in [0.5, 0.6) is 0 Å². The van der Waals surface area contributed by atoms with Crippen LogP contribution in [0.25, 0.3) is 17.2 Å². The van der Waals surface area contributed by atoms with Gasteiger partial charge in [-0.2, -0.15) is 0 Å². The summed E-state index contributed by atoms with van der Waals surface area (Å²) in [4.78, 5) is 33.2. The minimum Gasteiger partial charge on any atom is -0.444 e. The van der Waals surface area contributed by atoms with Crippen molar-refractivity contribution in [3.63, 3.8) is 0 Å². The maximum Gasteiger partial charge on any atom is 0.413 e. The van der Waals surface area contributed by atoms with E-state index in [1.165, 1.54) is 0 Å². The number of benzene rings is 2. The average Bonchev–Trinajstić information content (AvgIpc) is 3.00. The molecular weight excluding hydrogens is 488 g/mol. The molecule has 0 spiro atoms. The van der Waals surface area contributed by atoms with Crippen LogP contribution < -0.4 is 10.5 Å². The maximum absolute atomic E-state index is 13.5. The fraction of sp³-hybridized carbons (Fsp3) is 0.393. The van der Waals surface area contributed by atoms with Crippen LogP contribution in [0.4, 0.5) is 10.5 Å². The van der Waals surface area contributed by atoms with Crippen molar-refractivity contribution in [1.82, 2.24) is 10.2 Å². The van der Waals surface area contributed by atoms with Crippen molar-refractivity contribution in [2.75, 3.05) is 13.1 Å². The third-order valence-electron chi connectivity index (χ3n) is 5.57. The molecule has 37 heavy (non-hydrogen) atoms. The molecule has 1 unspecified atom stereocenters. The molecule has 198 valence electrons. The summed E-state index contributed by atoms with van der Waals surface area (Å²) >= 11 is 0. The summed E-state index contributed by atoms with van der Waals surface area (Å²) in [7, 11) is -1.60. The topological polar surface area (TPSA) is 114 Å². The lowest BCUT2D eigenvalue weighted by atomic mass is 10.0. The highest BCUT2D eigenvalue weighted by molar-refractivity contribution is 7.82. The van der Waals surface area contributed by atoms with Gasteiger partial charge in [0.2, 0.25) is 5.91 Å². The van der Waals surface area contributed by atoms with Gasteiger partial charge in [-0.25, -0.2) is 19.1 Å². The quantitative estimate of drug-likeness (QED) is 0.510. The first-order valence-corrected chi connectivity index (χ1v) is 13.7. The number of nitrogens with zero attached hydrogens (tertiary/aromatic N) is 2. The number of fused-ring (bicyclic) bond motifs is 1. The van der Waals surface area contributed by atoms with Gasteiger partial charge in [0.05, 0.1) is 10.6 Å². The van der Waals surface area contributed by atoms with Gasteiger partial charge < -0.3 is 9.64 Å². The van der Waals surface area contributed by atoms with Crippen molar-refractivity contribution in [2.24, 2.45) is 10.1 Å². The van der Waals surface area contributed by atoms with E-state index in [1.807, 2.05) is 49.1 Å². The first-order valence-electron chi connectivity index (χ1n) is 12.5. The van der Waals surface area contributed by atoms with Crippen LogP contribution >= 0.6 is 0 Å². The van der Waals surface area contributed by atoms with Crippen molar-refractivity contribution in [3.8, 4) is 11.1 Å². The van der Waals surface area contributed by atoms with Gasteiger partial charge >= 0.3 is 6.09 Å². The number of aliphatic imine (C=N–C) groups is 1. The number of hydrogen-bond donors (Lipinski definition) is 2. The molecule has 0 radical (unpaired) electrons. The van der Waals surface area contributed by atoms with Gasteiger partial charge in [-0.05, 0) is 69.0 Å². The lowest BCUT2D eigenvalue weighted by Gasteiger charge is -2.23. The number of amidine groups is 1. The highest BCUT2D eigenvalue weighted by atomic mass is 32.2. The predicted octanol–water partition coefficient (Wildman–Crippen LogP) is 5.33. The van der Waals surface area contributed by atoms with E-state index in [2.05, 4.69) is 5.32 Å². The van der Waals surface area contributed by atoms with Crippen LogP contribution in [-0.4, -0.2) is 45.6 Å². The molecule has 2 aromatic carbocycles. The number of ether oxygens (including phenoxy) is 1. The van der Waals surface area contributed by atoms with Crippen LogP contribution in [0.15, 0.2) is 57.9 Å². The molecule has 9 heteroatoms. The zero-order chi connectivity index (χ0) is 27.2. The molecule has 0 bridgehead atoms.